The van der Waals surface area contributed by atoms with E-state index >= 15 is 0 Å². The Labute approximate surface area is 115 Å². The van der Waals surface area contributed by atoms with Gasteiger partial charge in [-0.25, -0.2) is 9.59 Å². The number of phenols is 1. The van der Waals surface area contributed by atoms with Crippen molar-refractivity contribution in [3.63, 3.8) is 0 Å². The summed E-state index contributed by atoms with van der Waals surface area (Å²) in [5.74, 6) is -1.42. The predicted octanol–water partition coefficient (Wildman–Crippen LogP) is 0.783. The van der Waals surface area contributed by atoms with Crippen LogP contribution < -0.4 is 10.6 Å². The molecule has 0 fully saturated rings. The first-order chi connectivity index (χ1) is 9.43. The summed E-state index contributed by atoms with van der Waals surface area (Å²) in [6.45, 7) is 3.44. The third-order valence-corrected chi connectivity index (χ3v) is 2.33. The number of hydrogen-bond donors (Lipinski definition) is 3. The molecule has 0 aromatic heterocycles. The Morgan fingerprint density at radius 1 is 1.25 bits per heavy atom. The zero-order chi connectivity index (χ0) is 15.1. The predicted molar refractivity (Wildman–Crippen MR) is 70.2 cm³/mol. The third-order valence-electron chi connectivity index (χ3n) is 2.33. The minimum Gasteiger partial charge on any atom is -0.508 e. The van der Waals surface area contributed by atoms with Gasteiger partial charge < -0.3 is 15.2 Å². The third kappa shape index (κ3) is 4.60. The van der Waals surface area contributed by atoms with Crippen molar-refractivity contribution in [3.8, 4) is 5.75 Å². The fourth-order valence-corrected chi connectivity index (χ4v) is 1.30. The maximum Gasteiger partial charge on any atom is 0.338 e. The molecule has 1 rings (SSSR count). The highest BCUT2D eigenvalue weighted by Crippen LogP contribution is 2.11. The zero-order valence-electron chi connectivity index (χ0n) is 11.2. The van der Waals surface area contributed by atoms with Crippen molar-refractivity contribution in [2.24, 2.45) is 0 Å². The Balaban J connectivity index is 2.54. The Bertz CT molecular complexity index is 498. The molecule has 0 heterocycles. The smallest absolute Gasteiger partial charge is 0.338 e. The molecular weight excluding hydrogens is 264 g/mol. The maximum atomic E-state index is 11.7. The second-order valence-corrected chi connectivity index (χ2v) is 3.94. The van der Waals surface area contributed by atoms with Gasteiger partial charge in [0.2, 0.25) is 0 Å². The average Bonchev–Trinajstić information content (AvgIpc) is 2.39. The monoisotopic (exact) mass is 280 g/mol. The molecule has 3 amide bonds. The van der Waals surface area contributed by atoms with E-state index in [2.05, 4.69) is 5.32 Å². The van der Waals surface area contributed by atoms with E-state index in [-0.39, 0.29) is 11.3 Å². The molecule has 3 N–H and O–H groups in total. The van der Waals surface area contributed by atoms with Crippen molar-refractivity contribution in [2.45, 2.75) is 20.0 Å². The molecular formula is C13H16N2O5. The van der Waals surface area contributed by atoms with Gasteiger partial charge in [0.1, 0.15) is 5.75 Å². The molecule has 0 saturated heterocycles. The number of urea groups is 1. The van der Waals surface area contributed by atoms with Crippen LogP contribution in [0.25, 0.3) is 0 Å². The normalized spacial score (nSPS) is 11.3. The summed E-state index contributed by atoms with van der Waals surface area (Å²) in [5, 5.41) is 13.5. The van der Waals surface area contributed by atoms with E-state index in [9.17, 15) is 14.4 Å². The van der Waals surface area contributed by atoms with E-state index in [1.54, 1.807) is 6.92 Å². The van der Waals surface area contributed by atoms with E-state index in [0.29, 0.717) is 6.54 Å². The molecule has 0 unspecified atom stereocenters. The van der Waals surface area contributed by atoms with Crippen LogP contribution >= 0.6 is 0 Å². The van der Waals surface area contributed by atoms with Crippen molar-refractivity contribution < 1.29 is 24.2 Å². The molecule has 0 aliphatic heterocycles. The standard InChI is InChI=1S/C13H16N2O5/c1-3-14-13(19)15-11(17)8(2)20-12(18)9-4-6-10(16)7-5-9/h4-8,16H,3H2,1-2H3,(H2,14,15,17,19)/t8-/m1/s1. The molecule has 1 aromatic rings. The first kappa shape index (κ1) is 15.5. The Morgan fingerprint density at radius 3 is 2.40 bits per heavy atom. The van der Waals surface area contributed by atoms with Gasteiger partial charge in [0.05, 0.1) is 5.56 Å². The Kier molecular flexibility index (Phi) is 5.52. The highest BCUT2D eigenvalue weighted by Gasteiger charge is 2.20. The van der Waals surface area contributed by atoms with Crippen LogP contribution in [0.2, 0.25) is 0 Å². The number of rotatable bonds is 4. The molecule has 1 aromatic carbocycles. The molecule has 7 heteroatoms. The molecule has 0 radical (unpaired) electrons. The number of benzene rings is 1. The van der Waals surface area contributed by atoms with Gasteiger partial charge in [0, 0.05) is 6.54 Å². The molecule has 0 saturated carbocycles. The van der Waals surface area contributed by atoms with Gasteiger partial charge in [-0.1, -0.05) is 0 Å². The summed E-state index contributed by atoms with van der Waals surface area (Å²) in [5.41, 5.74) is 0.195. The molecule has 7 nitrogen and oxygen atoms in total. The van der Waals surface area contributed by atoms with Crippen molar-refractivity contribution in [2.75, 3.05) is 6.54 Å². The number of hydrogen-bond acceptors (Lipinski definition) is 5. The second-order valence-electron chi connectivity index (χ2n) is 3.94. The molecule has 108 valence electrons. The first-order valence-electron chi connectivity index (χ1n) is 6.02. The molecule has 0 spiro atoms. The number of phenolic OH excluding ortho intramolecular Hbond substituents is 1. The van der Waals surface area contributed by atoms with E-state index < -0.39 is 24.0 Å². The lowest BCUT2D eigenvalue weighted by Crippen LogP contribution is -2.44. The lowest BCUT2D eigenvalue weighted by atomic mass is 10.2. The van der Waals surface area contributed by atoms with Gasteiger partial charge in [0.25, 0.3) is 5.91 Å². The molecule has 20 heavy (non-hydrogen) atoms. The fraction of sp³-hybridized carbons (Fsp3) is 0.308. The minimum atomic E-state index is -1.11. The van der Waals surface area contributed by atoms with Crippen LogP contribution in [-0.2, 0) is 9.53 Å². The number of imide groups is 1. The van der Waals surface area contributed by atoms with Crippen LogP contribution in [0.1, 0.15) is 24.2 Å². The second kappa shape index (κ2) is 7.13. The average molecular weight is 280 g/mol. The Hall–Kier alpha value is -2.57. The number of amides is 3. The minimum absolute atomic E-state index is 0.0172. The topological polar surface area (TPSA) is 105 Å². The van der Waals surface area contributed by atoms with Crippen molar-refractivity contribution >= 4 is 17.9 Å². The van der Waals surface area contributed by atoms with Gasteiger partial charge >= 0.3 is 12.0 Å². The van der Waals surface area contributed by atoms with Crippen molar-refractivity contribution in [1.29, 1.82) is 0 Å². The van der Waals surface area contributed by atoms with Crippen LogP contribution in [0.5, 0.6) is 5.75 Å². The quantitative estimate of drug-likeness (QED) is 0.707. The largest absolute Gasteiger partial charge is 0.508 e. The van der Waals surface area contributed by atoms with Crippen LogP contribution in [-0.4, -0.2) is 35.7 Å². The molecule has 0 aliphatic carbocycles. The van der Waals surface area contributed by atoms with Gasteiger partial charge in [-0.15, -0.1) is 0 Å². The number of carbonyl (C=O) groups excluding carboxylic acids is 3. The first-order valence-corrected chi connectivity index (χ1v) is 6.02. The number of ether oxygens (including phenoxy) is 1. The van der Waals surface area contributed by atoms with Gasteiger partial charge in [-0.3, -0.25) is 10.1 Å². The fourth-order valence-electron chi connectivity index (χ4n) is 1.30. The zero-order valence-corrected chi connectivity index (χ0v) is 11.2. The van der Waals surface area contributed by atoms with E-state index in [0.717, 1.165) is 0 Å². The summed E-state index contributed by atoms with van der Waals surface area (Å²) in [6.07, 6.45) is -1.11. The summed E-state index contributed by atoms with van der Waals surface area (Å²) >= 11 is 0. The number of aromatic hydroxyl groups is 1. The lowest BCUT2D eigenvalue weighted by Gasteiger charge is -2.13. The highest BCUT2D eigenvalue weighted by atomic mass is 16.5. The Morgan fingerprint density at radius 2 is 1.85 bits per heavy atom. The summed E-state index contributed by atoms with van der Waals surface area (Å²) < 4.78 is 4.90. The SMILES string of the molecule is CCNC(=O)NC(=O)[C@@H](C)OC(=O)c1ccc(O)cc1. The van der Waals surface area contributed by atoms with E-state index in [1.807, 2.05) is 5.32 Å². The number of esters is 1. The molecule has 1 atom stereocenters. The van der Waals surface area contributed by atoms with Crippen LogP contribution in [0.3, 0.4) is 0 Å². The van der Waals surface area contributed by atoms with Crippen LogP contribution in [0, 0.1) is 0 Å². The number of nitrogens with one attached hydrogen (secondary N) is 2. The van der Waals surface area contributed by atoms with Gasteiger partial charge in [0.15, 0.2) is 6.10 Å². The van der Waals surface area contributed by atoms with Crippen molar-refractivity contribution in [3.05, 3.63) is 29.8 Å². The number of carbonyl (C=O) groups is 3. The van der Waals surface area contributed by atoms with Crippen LogP contribution in [0.4, 0.5) is 4.79 Å². The molecule has 0 bridgehead atoms. The molecule has 0 aliphatic rings. The van der Waals surface area contributed by atoms with E-state index in [1.165, 1.54) is 31.2 Å². The summed E-state index contributed by atoms with van der Waals surface area (Å²) in [6, 6.07) is 4.74. The lowest BCUT2D eigenvalue weighted by molar-refractivity contribution is -0.127. The highest BCUT2D eigenvalue weighted by molar-refractivity contribution is 5.98. The maximum absolute atomic E-state index is 11.7. The van der Waals surface area contributed by atoms with Gasteiger partial charge in [-0.2, -0.15) is 0 Å². The van der Waals surface area contributed by atoms with Crippen LogP contribution in [0.15, 0.2) is 24.3 Å². The van der Waals surface area contributed by atoms with E-state index in [4.69, 9.17) is 9.84 Å². The summed E-state index contributed by atoms with van der Waals surface area (Å²) in [7, 11) is 0. The van der Waals surface area contributed by atoms with Crippen molar-refractivity contribution in [1.82, 2.24) is 10.6 Å². The summed E-state index contributed by atoms with van der Waals surface area (Å²) in [4.78, 5) is 34.4. The van der Waals surface area contributed by atoms with Gasteiger partial charge in [-0.05, 0) is 38.1 Å².